The van der Waals surface area contributed by atoms with E-state index in [0.717, 1.165) is 22.5 Å². The van der Waals surface area contributed by atoms with Crippen molar-refractivity contribution in [3.63, 3.8) is 0 Å². The van der Waals surface area contributed by atoms with Crippen molar-refractivity contribution in [2.45, 2.75) is 13.0 Å². The average molecular weight is 228 g/mol. The van der Waals surface area contributed by atoms with Gasteiger partial charge in [-0.3, -0.25) is 0 Å². The molecule has 0 saturated heterocycles. The Hall–Kier alpha value is -1.19. The first kappa shape index (κ1) is 11.9. The van der Waals surface area contributed by atoms with Crippen LogP contribution in [0.25, 0.3) is 11.0 Å². The fourth-order valence-electron chi connectivity index (χ4n) is 1.39. The SMILES string of the molecule is COc1ccc2oc(C(C)N)cc2c1.Cl. The number of benzene rings is 1. The lowest BCUT2D eigenvalue weighted by atomic mass is 10.2. The number of methoxy groups -OCH3 is 1. The first-order valence-electron chi connectivity index (χ1n) is 4.54. The quantitative estimate of drug-likeness (QED) is 0.858. The molecule has 0 aliphatic rings. The van der Waals surface area contributed by atoms with Gasteiger partial charge < -0.3 is 14.9 Å². The molecule has 0 fully saturated rings. The Morgan fingerprint density at radius 3 is 2.67 bits per heavy atom. The number of ether oxygens (including phenoxy) is 1. The summed E-state index contributed by atoms with van der Waals surface area (Å²) in [5.74, 6) is 1.63. The molecule has 3 nitrogen and oxygen atoms in total. The van der Waals surface area contributed by atoms with Gasteiger partial charge in [0.25, 0.3) is 0 Å². The third kappa shape index (κ3) is 2.25. The van der Waals surface area contributed by atoms with E-state index in [4.69, 9.17) is 14.9 Å². The summed E-state index contributed by atoms with van der Waals surface area (Å²) in [4.78, 5) is 0. The Balaban J connectivity index is 0.00000112. The molecule has 82 valence electrons. The molecular formula is C11H14ClNO2. The van der Waals surface area contributed by atoms with Crippen LogP contribution >= 0.6 is 12.4 Å². The fourth-order valence-corrected chi connectivity index (χ4v) is 1.39. The Morgan fingerprint density at radius 1 is 1.33 bits per heavy atom. The monoisotopic (exact) mass is 227 g/mol. The summed E-state index contributed by atoms with van der Waals surface area (Å²) in [6.07, 6.45) is 0. The zero-order valence-corrected chi connectivity index (χ0v) is 9.51. The predicted octanol–water partition coefficient (Wildman–Crippen LogP) is 2.88. The first-order valence-corrected chi connectivity index (χ1v) is 4.54. The van der Waals surface area contributed by atoms with E-state index in [2.05, 4.69) is 0 Å². The minimum absolute atomic E-state index is 0. The zero-order chi connectivity index (χ0) is 10.1. The molecule has 1 unspecified atom stereocenters. The predicted molar refractivity (Wildman–Crippen MR) is 62.6 cm³/mol. The molecule has 15 heavy (non-hydrogen) atoms. The van der Waals surface area contributed by atoms with Crippen LogP contribution in [0.15, 0.2) is 28.7 Å². The highest BCUT2D eigenvalue weighted by Gasteiger charge is 2.07. The maximum Gasteiger partial charge on any atom is 0.134 e. The second-order valence-corrected chi connectivity index (χ2v) is 3.34. The number of hydrogen-bond donors (Lipinski definition) is 1. The van der Waals surface area contributed by atoms with Crippen LogP contribution in [-0.4, -0.2) is 7.11 Å². The van der Waals surface area contributed by atoms with Gasteiger partial charge in [-0.05, 0) is 31.2 Å². The molecule has 0 aliphatic carbocycles. The van der Waals surface area contributed by atoms with Crippen molar-refractivity contribution in [1.29, 1.82) is 0 Å². The van der Waals surface area contributed by atoms with E-state index in [0.29, 0.717) is 0 Å². The van der Waals surface area contributed by atoms with Gasteiger partial charge in [-0.2, -0.15) is 0 Å². The number of hydrogen-bond acceptors (Lipinski definition) is 3. The Kier molecular flexibility index (Phi) is 3.61. The number of halogens is 1. The Bertz CT molecular complexity index is 451. The van der Waals surface area contributed by atoms with Gasteiger partial charge in [-0.1, -0.05) is 0 Å². The second kappa shape index (κ2) is 4.55. The van der Waals surface area contributed by atoms with E-state index >= 15 is 0 Å². The maximum absolute atomic E-state index is 5.72. The van der Waals surface area contributed by atoms with Crippen molar-refractivity contribution < 1.29 is 9.15 Å². The lowest BCUT2D eigenvalue weighted by Crippen LogP contribution is -2.02. The van der Waals surface area contributed by atoms with Crippen molar-refractivity contribution in [2.75, 3.05) is 7.11 Å². The topological polar surface area (TPSA) is 48.4 Å². The summed E-state index contributed by atoms with van der Waals surface area (Å²) in [5, 5.41) is 1.02. The van der Waals surface area contributed by atoms with Gasteiger partial charge >= 0.3 is 0 Å². The molecule has 2 rings (SSSR count). The molecule has 0 saturated carbocycles. The van der Waals surface area contributed by atoms with Crippen LogP contribution in [-0.2, 0) is 0 Å². The fraction of sp³-hybridized carbons (Fsp3) is 0.273. The van der Waals surface area contributed by atoms with Crippen LogP contribution in [0.2, 0.25) is 0 Å². The van der Waals surface area contributed by atoms with Crippen LogP contribution in [0, 0.1) is 0 Å². The van der Waals surface area contributed by atoms with Crippen molar-refractivity contribution in [3.8, 4) is 5.75 Å². The Labute approximate surface area is 94.6 Å². The first-order chi connectivity index (χ1) is 6.70. The third-order valence-corrected chi connectivity index (χ3v) is 2.19. The van der Waals surface area contributed by atoms with Gasteiger partial charge in [0.15, 0.2) is 0 Å². The molecule has 1 aromatic carbocycles. The minimum Gasteiger partial charge on any atom is -0.497 e. The number of fused-ring (bicyclic) bond motifs is 1. The molecule has 0 spiro atoms. The molecule has 2 aromatic rings. The summed E-state index contributed by atoms with van der Waals surface area (Å²) in [7, 11) is 1.65. The highest BCUT2D eigenvalue weighted by molar-refractivity contribution is 5.85. The van der Waals surface area contributed by atoms with Crippen LogP contribution in [0.5, 0.6) is 5.75 Å². The van der Waals surface area contributed by atoms with Gasteiger partial charge in [0.1, 0.15) is 17.1 Å². The highest BCUT2D eigenvalue weighted by atomic mass is 35.5. The van der Waals surface area contributed by atoms with Crippen LogP contribution in [0.4, 0.5) is 0 Å². The van der Waals surface area contributed by atoms with E-state index in [1.54, 1.807) is 7.11 Å². The molecule has 0 radical (unpaired) electrons. The van der Waals surface area contributed by atoms with Gasteiger partial charge in [-0.25, -0.2) is 0 Å². The van der Waals surface area contributed by atoms with Crippen LogP contribution in [0.3, 0.4) is 0 Å². The molecule has 0 bridgehead atoms. The largest absolute Gasteiger partial charge is 0.497 e. The third-order valence-electron chi connectivity index (χ3n) is 2.19. The van der Waals surface area contributed by atoms with Crippen molar-refractivity contribution in [2.24, 2.45) is 5.73 Å². The summed E-state index contributed by atoms with van der Waals surface area (Å²) in [5.41, 5.74) is 6.57. The summed E-state index contributed by atoms with van der Waals surface area (Å²) >= 11 is 0. The van der Waals surface area contributed by atoms with Gasteiger partial charge in [0.05, 0.1) is 13.2 Å². The summed E-state index contributed by atoms with van der Waals surface area (Å²) in [6, 6.07) is 7.57. The molecule has 1 aromatic heterocycles. The average Bonchev–Trinajstić information content (AvgIpc) is 2.59. The molecule has 4 heteroatoms. The zero-order valence-electron chi connectivity index (χ0n) is 8.69. The van der Waals surface area contributed by atoms with Crippen LogP contribution in [0.1, 0.15) is 18.7 Å². The minimum atomic E-state index is -0.0756. The van der Waals surface area contributed by atoms with E-state index in [1.807, 2.05) is 31.2 Å². The van der Waals surface area contributed by atoms with Gasteiger partial charge in [0, 0.05) is 5.39 Å². The van der Waals surface area contributed by atoms with Gasteiger partial charge in [0.2, 0.25) is 0 Å². The van der Waals surface area contributed by atoms with Crippen molar-refractivity contribution >= 4 is 23.4 Å². The van der Waals surface area contributed by atoms with E-state index in [9.17, 15) is 0 Å². The molecule has 2 N–H and O–H groups in total. The van der Waals surface area contributed by atoms with Crippen molar-refractivity contribution in [1.82, 2.24) is 0 Å². The van der Waals surface area contributed by atoms with Crippen LogP contribution < -0.4 is 10.5 Å². The normalized spacial score (nSPS) is 12.2. The lowest BCUT2D eigenvalue weighted by Gasteiger charge is -1.97. The Morgan fingerprint density at radius 2 is 2.07 bits per heavy atom. The second-order valence-electron chi connectivity index (χ2n) is 3.34. The molecule has 0 amide bonds. The van der Waals surface area contributed by atoms with Gasteiger partial charge in [-0.15, -0.1) is 12.4 Å². The molecular weight excluding hydrogens is 214 g/mol. The highest BCUT2D eigenvalue weighted by Crippen LogP contribution is 2.26. The lowest BCUT2D eigenvalue weighted by molar-refractivity contribution is 0.415. The molecule has 0 aliphatic heterocycles. The summed E-state index contributed by atoms with van der Waals surface area (Å²) < 4.78 is 10.7. The van der Waals surface area contributed by atoms with Crippen molar-refractivity contribution in [3.05, 3.63) is 30.0 Å². The van der Waals surface area contributed by atoms with E-state index in [-0.39, 0.29) is 18.4 Å². The number of rotatable bonds is 2. The molecule has 1 heterocycles. The number of nitrogens with two attached hydrogens (primary N) is 1. The summed E-state index contributed by atoms with van der Waals surface area (Å²) in [6.45, 7) is 1.90. The maximum atomic E-state index is 5.72. The number of furan rings is 1. The standard InChI is InChI=1S/C11H13NO2.ClH/c1-7(12)11-6-8-5-9(13-2)3-4-10(8)14-11;/h3-7H,12H2,1-2H3;1H. The molecule has 1 atom stereocenters. The van der Waals surface area contributed by atoms with E-state index in [1.165, 1.54) is 0 Å². The van der Waals surface area contributed by atoms with E-state index < -0.39 is 0 Å². The smallest absolute Gasteiger partial charge is 0.134 e.